The fraction of sp³-hybridized carbons (Fsp3) is 0.474. The molecule has 1 aromatic heterocycles. The van der Waals surface area contributed by atoms with E-state index < -0.39 is 0 Å². The van der Waals surface area contributed by atoms with Gasteiger partial charge in [0.15, 0.2) is 11.5 Å². The predicted octanol–water partition coefficient (Wildman–Crippen LogP) is 3.62. The van der Waals surface area contributed by atoms with Crippen LogP contribution in [-0.4, -0.2) is 42.8 Å². The minimum atomic E-state index is -0.0759. The van der Waals surface area contributed by atoms with Gasteiger partial charge >= 0.3 is 0 Å². The Morgan fingerprint density at radius 1 is 1.28 bits per heavy atom. The van der Waals surface area contributed by atoms with Crippen LogP contribution in [0.15, 0.2) is 28.8 Å². The van der Waals surface area contributed by atoms with Gasteiger partial charge in [0.2, 0.25) is 0 Å². The second-order valence-electron chi connectivity index (χ2n) is 6.59. The molecule has 0 radical (unpaired) electrons. The SMILES string of the molecule is COc1ccc(OC)c(-c2cc(C(=O)N3CCC[C@H]3C(C)C)no2)c1. The molecule has 0 saturated carbocycles. The molecule has 0 N–H and O–H groups in total. The van der Waals surface area contributed by atoms with Gasteiger partial charge < -0.3 is 18.9 Å². The van der Waals surface area contributed by atoms with Crippen LogP contribution in [0.1, 0.15) is 37.2 Å². The first kappa shape index (κ1) is 17.3. The molecule has 1 aliphatic heterocycles. The van der Waals surface area contributed by atoms with Crippen molar-refractivity contribution >= 4 is 5.91 Å². The maximum absolute atomic E-state index is 12.8. The number of rotatable bonds is 5. The molecule has 1 saturated heterocycles. The normalized spacial score (nSPS) is 17.2. The van der Waals surface area contributed by atoms with Crippen LogP contribution >= 0.6 is 0 Å². The van der Waals surface area contributed by atoms with Crippen molar-refractivity contribution in [2.45, 2.75) is 32.7 Å². The molecule has 0 bridgehead atoms. The fourth-order valence-corrected chi connectivity index (χ4v) is 3.39. The molecule has 1 atom stereocenters. The van der Waals surface area contributed by atoms with Gasteiger partial charge in [-0.1, -0.05) is 19.0 Å². The van der Waals surface area contributed by atoms with Crippen LogP contribution in [0.5, 0.6) is 11.5 Å². The van der Waals surface area contributed by atoms with E-state index in [1.54, 1.807) is 32.4 Å². The van der Waals surface area contributed by atoms with Gasteiger partial charge in [-0.2, -0.15) is 0 Å². The zero-order valence-corrected chi connectivity index (χ0v) is 15.1. The summed E-state index contributed by atoms with van der Waals surface area (Å²) in [5.41, 5.74) is 1.03. The molecule has 1 aromatic carbocycles. The summed E-state index contributed by atoms with van der Waals surface area (Å²) < 4.78 is 16.1. The van der Waals surface area contributed by atoms with Crippen LogP contribution < -0.4 is 9.47 Å². The molecule has 2 aromatic rings. The summed E-state index contributed by atoms with van der Waals surface area (Å²) >= 11 is 0. The summed E-state index contributed by atoms with van der Waals surface area (Å²) in [6, 6.07) is 7.35. The predicted molar refractivity (Wildman–Crippen MR) is 93.9 cm³/mol. The van der Waals surface area contributed by atoms with Gasteiger partial charge in [-0.05, 0) is 37.0 Å². The molecule has 0 aliphatic carbocycles. The van der Waals surface area contributed by atoms with E-state index >= 15 is 0 Å². The summed E-state index contributed by atoms with van der Waals surface area (Å²) in [5, 5.41) is 4.00. The summed E-state index contributed by atoms with van der Waals surface area (Å²) in [7, 11) is 3.19. The summed E-state index contributed by atoms with van der Waals surface area (Å²) in [5.74, 6) is 2.15. The molecule has 134 valence electrons. The van der Waals surface area contributed by atoms with Crippen molar-refractivity contribution in [2.75, 3.05) is 20.8 Å². The van der Waals surface area contributed by atoms with Crippen LogP contribution in [-0.2, 0) is 0 Å². The van der Waals surface area contributed by atoms with Crippen LogP contribution in [0.25, 0.3) is 11.3 Å². The van der Waals surface area contributed by atoms with Gasteiger partial charge in [-0.3, -0.25) is 4.79 Å². The second kappa shape index (κ2) is 7.17. The van der Waals surface area contributed by atoms with Crippen molar-refractivity contribution in [2.24, 2.45) is 5.92 Å². The van der Waals surface area contributed by atoms with Crippen LogP contribution in [0, 0.1) is 5.92 Å². The first-order valence-electron chi connectivity index (χ1n) is 8.55. The number of nitrogens with zero attached hydrogens (tertiary/aromatic N) is 2. The first-order chi connectivity index (χ1) is 12.0. The van der Waals surface area contributed by atoms with E-state index in [4.69, 9.17) is 14.0 Å². The highest BCUT2D eigenvalue weighted by Crippen LogP contribution is 2.34. The van der Waals surface area contributed by atoms with Gasteiger partial charge in [0, 0.05) is 18.7 Å². The Kier molecular flexibility index (Phi) is 4.97. The zero-order chi connectivity index (χ0) is 18.0. The lowest BCUT2D eigenvalue weighted by molar-refractivity contribution is 0.0691. The third-order valence-electron chi connectivity index (χ3n) is 4.73. The highest BCUT2D eigenvalue weighted by molar-refractivity contribution is 5.93. The molecule has 6 heteroatoms. The number of likely N-dealkylation sites (tertiary alicyclic amines) is 1. The van der Waals surface area contributed by atoms with E-state index in [0.29, 0.717) is 34.4 Å². The third-order valence-corrected chi connectivity index (χ3v) is 4.73. The standard InChI is InChI=1S/C19H24N2O4/c1-12(2)16-6-5-9-21(16)19(22)15-11-18(25-20-15)14-10-13(23-3)7-8-17(14)24-4/h7-8,10-12,16H,5-6,9H2,1-4H3/t16-/m0/s1. The smallest absolute Gasteiger partial charge is 0.276 e. The number of ether oxygens (including phenoxy) is 2. The highest BCUT2D eigenvalue weighted by atomic mass is 16.5. The lowest BCUT2D eigenvalue weighted by Crippen LogP contribution is -2.38. The number of hydrogen-bond donors (Lipinski definition) is 0. The minimum absolute atomic E-state index is 0.0759. The van der Waals surface area contributed by atoms with E-state index in [-0.39, 0.29) is 11.9 Å². The van der Waals surface area contributed by atoms with Crippen molar-refractivity contribution < 1.29 is 18.8 Å². The number of benzene rings is 1. The average Bonchev–Trinajstić information content (AvgIpc) is 3.30. The van der Waals surface area contributed by atoms with E-state index in [1.165, 1.54) is 0 Å². The second-order valence-corrected chi connectivity index (χ2v) is 6.59. The third kappa shape index (κ3) is 3.34. The molecular weight excluding hydrogens is 320 g/mol. The van der Waals surface area contributed by atoms with Crippen molar-refractivity contribution in [3.05, 3.63) is 30.0 Å². The summed E-state index contributed by atoms with van der Waals surface area (Å²) in [6.07, 6.45) is 2.07. The number of hydrogen-bond acceptors (Lipinski definition) is 5. The molecule has 2 heterocycles. The number of aromatic nitrogens is 1. The summed E-state index contributed by atoms with van der Waals surface area (Å²) in [4.78, 5) is 14.7. The van der Waals surface area contributed by atoms with E-state index in [2.05, 4.69) is 19.0 Å². The van der Waals surface area contributed by atoms with E-state index in [9.17, 15) is 4.79 Å². The Morgan fingerprint density at radius 2 is 2.08 bits per heavy atom. The fourth-order valence-electron chi connectivity index (χ4n) is 3.39. The first-order valence-corrected chi connectivity index (χ1v) is 8.55. The Hall–Kier alpha value is -2.50. The average molecular weight is 344 g/mol. The van der Waals surface area contributed by atoms with Gasteiger partial charge in [0.25, 0.3) is 5.91 Å². The maximum atomic E-state index is 12.8. The van der Waals surface area contributed by atoms with Crippen molar-refractivity contribution in [3.63, 3.8) is 0 Å². The van der Waals surface area contributed by atoms with Gasteiger partial charge in [-0.15, -0.1) is 0 Å². The number of methoxy groups -OCH3 is 2. The molecular formula is C19H24N2O4. The summed E-state index contributed by atoms with van der Waals surface area (Å²) in [6.45, 7) is 5.06. The molecule has 3 rings (SSSR count). The van der Waals surface area contributed by atoms with Crippen LogP contribution in [0.3, 0.4) is 0 Å². The van der Waals surface area contributed by atoms with Gasteiger partial charge in [0.1, 0.15) is 11.5 Å². The molecule has 1 amide bonds. The Bertz CT molecular complexity index is 754. The van der Waals surface area contributed by atoms with Crippen LogP contribution in [0.2, 0.25) is 0 Å². The minimum Gasteiger partial charge on any atom is -0.497 e. The molecule has 25 heavy (non-hydrogen) atoms. The van der Waals surface area contributed by atoms with E-state index in [1.807, 2.05) is 11.0 Å². The van der Waals surface area contributed by atoms with Crippen molar-refractivity contribution in [1.82, 2.24) is 10.1 Å². The van der Waals surface area contributed by atoms with Crippen molar-refractivity contribution in [1.29, 1.82) is 0 Å². The number of carbonyl (C=O) groups is 1. The molecule has 1 fully saturated rings. The largest absolute Gasteiger partial charge is 0.497 e. The van der Waals surface area contributed by atoms with Gasteiger partial charge in [-0.25, -0.2) is 0 Å². The lowest BCUT2D eigenvalue weighted by Gasteiger charge is -2.26. The van der Waals surface area contributed by atoms with Crippen molar-refractivity contribution in [3.8, 4) is 22.8 Å². The van der Waals surface area contributed by atoms with E-state index in [0.717, 1.165) is 19.4 Å². The zero-order valence-electron chi connectivity index (χ0n) is 15.1. The molecule has 1 aliphatic rings. The maximum Gasteiger partial charge on any atom is 0.276 e. The monoisotopic (exact) mass is 344 g/mol. The highest BCUT2D eigenvalue weighted by Gasteiger charge is 2.33. The Balaban J connectivity index is 1.89. The molecule has 0 spiro atoms. The lowest BCUT2D eigenvalue weighted by atomic mass is 10.0. The number of carbonyl (C=O) groups excluding carboxylic acids is 1. The quantitative estimate of drug-likeness (QED) is 0.829. The Labute approximate surface area is 147 Å². The number of amides is 1. The van der Waals surface area contributed by atoms with Crippen LogP contribution in [0.4, 0.5) is 0 Å². The molecule has 6 nitrogen and oxygen atoms in total. The Morgan fingerprint density at radius 3 is 2.76 bits per heavy atom. The molecule has 0 unspecified atom stereocenters. The topological polar surface area (TPSA) is 64.8 Å². The van der Waals surface area contributed by atoms with Gasteiger partial charge in [0.05, 0.1) is 19.8 Å².